The maximum atomic E-state index is 12.8. The second-order valence-electron chi connectivity index (χ2n) is 7.26. The number of para-hydroxylation sites is 2. The van der Waals surface area contributed by atoms with Crippen molar-refractivity contribution in [3.63, 3.8) is 0 Å². The number of benzene rings is 3. The lowest BCUT2D eigenvalue weighted by molar-refractivity contribution is -0.116. The van der Waals surface area contributed by atoms with Gasteiger partial charge in [-0.15, -0.1) is 0 Å². The highest BCUT2D eigenvalue weighted by molar-refractivity contribution is 5.91. The number of ether oxygens (including phenoxy) is 2. The normalized spacial score (nSPS) is 15.1. The summed E-state index contributed by atoms with van der Waals surface area (Å²) in [5.41, 5.74) is 2.98. The van der Waals surface area contributed by atoms with Crippen LogP contribution in [0.15, 0.2) is 78.9 Å². The van der Waals surface area contributed by atoms with Crippen molar-refractivity contribution in [2.24, 2.45) is 0 Å². The maximum Gasteiger partial charge on any atom is 0.226 e. The zero-order chi connectivity index (χ0) is 20.8. The van der Waals surface area contributed by atoms with Gasteiger partial charge in [-0.25, -0.2) is 0 Å². The molecule has 30 heavy (non-hydrogen) atoms. The third-order valence-electron chi connectivity index (χ3n) is 5.11. The van der Waals surface area contributed by atoms with E-state index < -0.39 is 0 Å². The van der Waals surface area contributed by atoms with Crippen LogP contribution in [0, 0.1) is 0 Å². The first kappa shape index (κ1) is 19.8. The Balaban J connectivity index is 1.48. The molecule has 5 heteroatoms. The molecule has 4 rings (SSSR count). The van der Waals surface area contributed by atoms with Gasteiger partial charge in [-0.3, -0.25) is 4.79 Å². The molecule has 1 atom stereocenters. The van der Waals surface area contributed by atoms with E-state index in [1.165, 1.54) is 5.56 Å². The summed E-state index contributed by atoms with van der Waals surface area (Å²) in [5, 5.41) is 2.99. The lowest BCUT2D eigenvalue weighted by atomic mass is 10.1. The average molecular weight is 402 g/mol. The number of hydrogen-bond donors (Lipinski definition) is 1. The molecule has 0 aromatic heterocycles. The Morgan fingerprint density at radius 3 is 2.53 bits per heavy atom. The molecule has 0 radical (unpaired) electrons. The van der Waals surface area contributed by atoms with Crippen LogP contribution in [-0.2, 0) is 11.3 Å². The molecular weight excluding hydrogens is 376 g/mol. The zero-order valence-corrected chi connectivity index (χ0v) is 17.1. The van der Waals surface area contributed by atoms with Gasteiger partial charge in [0.2, 0.25) is 5.91 Å². The first-order valence-electron chi connectivity index (χ1n) is 10.3. The molecule has 1 N–H and O–H groups in total. The highest BCUT2D eigenvalue weighted by atomic mass is 16.5. The molecule has 0 unspecified atom stereocenters. The smallest absolute Gasteiger partial charge is 0.226 e. The standard InChI is InChI=1S/C25H26N2O3/c1-2-29-22-14-12-20(13-15-22)26-25(28)16-21-18-30-24-11-7-6-10-23(24)27(21)17-19-8-4-3-5-9-19/h3-15,21H,2,16-18H2,1H3,(H,26,28)/t21-/m1/s1. The SMILES string of the molecule is CCOc1ccc(NC(=O)C[C@@H]2COc3ccccc3N2Cc2ccccc2)cc1. The summed E-state index contributed by atoms with van der Waals surface area (Å²) in [7, 11) is 0. The number of anilines is 2. The summed E-state index contributed by atoms with van der Waals surface area (Å²) in [6.45, 7) is 3.76. The van der Waals surface area contributed by atoms with E-state index >= 15 is 0 Å². The van der Waals surface area contributed by atoms with Gasteiger partial charge in [0.25, 0.3) is 0 Å². The van der Waals surface area contributed by atoms with Crippen molar-refractivity contribution in [3.8, 4) is 11.5 Å². The number of nitrogens with one attached hydrogen (secondary N) is 1. The number of nitrogens with zero attached hydrogens (tertiary/aromatic N) is 1. The first-order chi connectivity index (χ1) is 14.7. The average Bonchev–Trinajstić information content (AvgIpc) is 2.77. The van der Waals surface area contributed by atoms with Gasteiger partial charge in [-0.2, -0.15) is 0 Å². The number of hydrogen-bond acceptors (Lipinski definition) is 4. The third-order valence-corrected chi connectivity index (χ3v) is 5.11. The van der Waals surface area contributed by atoms with Gasteiger partial charge in [-0.1, -0.05) is 42.5 Å². The van der Waals surface area contributed by atoms with E-state index in [-0.39, 0.29) is 11.9 Å². The highest BCUT2D eigenvalue weighted by Gasteiger charge is 2.29. The lowest BCUT2D eigenvalue weighted by Crippen LogP contribution is -2.44. The van der Waals surface area contributed by atoms with E-state index in [4.69, 9.17) is 9.47 Å². The summed E-state index contributed by atoms with van der Waals surface area (Å²) >= 11 is 0. The van der Waals surface area contributed by atoms with Crippen molar-refractivity contribution in [2.45, 2.75) is 25.9 Å². The highest BCUT2D eigenvalue weighted by Crippen LogP contribution is 2.35. The van der Waals surface area contributed by atoms with E-state index in [2.05, 4.69) is 28.4 Å². The van der Waals surface area contributed by atoms with Gasteiger partial charge in [0, 0.05) is 12.2 Å². The van der Waals surface area contributed by atoms with Crippen LogP contribution in [0.5, 0.6) is 11.5 Å². The minimum absolute atomic E-state index is 0.0368. The second kappa shape index (κ2) is 9.35. The van der Waals surface area contributed by atoms with Crippen LogP contribution in [0.1, 0.15) is 18.9 Å². The molecule has 1 aliphatic heterocycles. The first-order valence-corrected chi connectivity index (χ1v) is 10.3. The van der Waals surface area contributed by atoms with Crippen LogP contribution >= 0.6 is 0 Å². The third kappa shape index (κ3) is 4.74. The molecule has 0 saturated heterocycles. The van der Waals surface area contributed by atoms with Crippen LogP contribution in [0.3, 0.4) is 0 Å². The predicted octanol–water partition coefficient (Wildman–Crippen LogP) is 4.88. The number of carbonyl (C=O) groups is 1. The molecule has 0 fully saturated rings. The van der Waals surface area contributed by atoms with Gasteiger partial charge in [0.15, 0.2) is 0 Å². The molecule has 0 spiro atoms. The monoisotopic (exact) mass is 402 g/mol. The molecule has 1 heterocycles. The Morgan fingerprint density at radius 1 is 1.03 bits per heavy atom. The fourth-order valence-electron chi connectivity index (χ4n) is 3.68. The quantitative estimate of drug-likeness (QED) is 0.612. The number of amides is 1. The van der Waals surface area contributed by atoms with E-state index in [0.29, 0.717) is 19.6 Å². The Kier molecular flexibility index (Phi) is 6.18. The van der Waals surface area contributed by atoms with Crippen molar-refractivity contribution in [2.75, 3.05) is 23.4 Å². The topological polar surface area (TPSA) is 50.8 Å². The Bertz CT molecular complexity index is 973. The van der Waals surface area contributed by atoms with Crippen molar-refractivity contribution in [3.05, 3.63) is 84.4 Å². The Morgan fingerprint density at radius 2 is 1.77 bits per heavy atom. The van der Waals surface area contributed by atoms with Gasteiger partial charge in [-0.05, 0) is 48.9 Å². The second-order valence-corrected chi connectivity index (χ2v) is 7.26. The number of rotatable bonds is 7. The van der Waals surface area contributed by atoms with Crippen LogP contribution in [0.25, 0.3) is 0 Å². The van der Waals surface area contributed by atoms with Crippen molar-refractivity contribution in [1.82, 2.24) is 0 Å². The molecule has 3 aromatic carbocycles. The summed E-state index contributed by atoms with van der Waals surface area (Å²) < 4.78 is 11.4. The summed E-state index contributed by atoms with van der Waals surface area (Å²) in [4.78, 5) is 15.0. The summed E-state index contributed by atoms with van der Waals surface area (Å²) in [6, 6.07) is 25.7. The molecular formula is C25H26N2O3. The van der Waals surface area contributed by atoms with Gasteiger partial charge < -0.3 is 19.7 Å². The van der Waals surface area contributed by atoms with Gasteiger partial charge >= 0.3 is 0 Å². The predicted molar refractivity (Wildman–Crippen MR) is 119 cm³/mol. The van der Waals surface area contributed by atoms with Crippen molar-refractivity contribution in [1.29, 1.82) is 0 Å². The van der Waals surface area contributed by atoms with Crippen LogP contribution in [0.2, 0.25) is 0 Å². The van der Waals surface area contributed by atoms with Gasteiger partial charge in [0.05, 0.1) is 24.8 Å². The van der Waals surface area contributed by atoms with Crippen LogP contribution in [0.4, 0.5) is 11.4 Å². The Labute approximate surface area is 177 Å². The Hall–Kier alpha value is -3.47. The van der Waals surface area contributed by atoms with E-state index in [1.807, 2.05) is 67.6 Å². The number of carbonyl (C=O) groups excluding carboxylic acids is 1. The molecule has 3 aromatic rings. The number of fused-ring (bicyclic) bond motifs is 1. The largest absolute Gasteiger partial charge is 0.494 e. The molecule has 154 valence electrons. The molecule has 1 amide bonds. The molecule has 1 aliphatic rings. The van der Waals surface area contributed by atoms with E-state index in [0.717, 1.165) is 29.4 Å². The van der Waals surface area contributed by atoms with E-state index in [1.54, 1.807) is 0 Å². The van der Waals surface area contributed by atoms with Crippen LogP contribution < -0.4 is 19.7 Å². The lowest BCUT2D eigenvalue weighted by Gasteiger charge is -2.38. The molecule has 5 nitrogen and oxygen atoms in total. The summed E-state index contributed by atoms with van der Waals surface area (Å²) in [6.07, 6.45) is 0.342. The minimum atomic E-state index is -0.0530. The zero-order valence-electron chi connectivity index (χ0n) is 17.1. The maximum absolute atomic E-state index is 12.8. The van der Waals surface area contributed by atoms with E-state index in [9.17, 15) is 4.79 Å². The molecule has 0 saturated carbocycles. The van der Waals surface area contributed by atoms with Crippen molar-refractivity contribution < 1.29 is 14.3 Å². The minimum Gasteiger partial charge on any atom is -0.494 e. The fourth-order valence-corrected chi connectivity index (χ4v) is 3.68. The van der Waals surface area contributed by atoms with Gasteiger partial charge in [0.1, 0.15) is 18.1 Å². The fraction of sp³-hybridized carbons (Fsp3) is 0.240. The van der Waals surface area contributed by atoms with Crippen LogP contribution in [-0.4, -0.2) is 25.2 Å². The van der Waals surface area contributed by atoms with Crippen molar-refractivity contribution >= 4 is 17.3 Å². The molecule has 0 bridgehead atoms. The molecule has 0 aliphatic carbocycles. The summed E-state index contributed by atoms with van der Waals surface area (Å²) in [5.74, 6) is 1.61.